The van der Waals surface area contributed by atoms with Crippen LogP contribution in [0.3, 0.4) is 0 Å². The molecule has 12 nitrogen and oxygen atoms in total. The number of aromatic amines is 1. The number of para-hydroxylation sites is 1. The lowest BCUT2D eigenvalue weighted by Crippen LogP contribution is -2.57. The van der Waals surface area contributed by atoms with Crippen molar-refractivity contribution >= 4 is 69.5 Å². The number of fused-ring (bicyclic) bond motifs is 3. The smallest absolute Gasteiger partial charge is 0.243 e. The van der Waals surface area contributed by atoms with E-state index in [1.54, 1.807) is 18.3 Å². The third kappa shape index (κ3) is 9.55. The Kier molecular flexibility index (Phi) is 12.8. The Balaban J connectivity index is 1.56. The Hall–Kier alpha value is -4.14. The van der Waals surface area contributed by atoms with Crippen molar-refractivity contribution in [1.82, 2.24) is 31.2 Å². The predicted octanol–water partition coefficient (Wildman–Crippen LogP) is 3.63. The topological polar surface area (TPSA) is 197 Å². The van der Waals surface area contributed by atoms with Crippen LogP contribution >= 0.6 is 35.0 Å². The van der Waals surface area contributed by atoms with Crippen molar-refractivity contribution in [3.05, 3.63) is 87.2 Å². The Morgan fingerprint density at radius 1 is 0.960 bits per heavy atom. The van der Waals surface area contributed by atoms with Crippen molar-refractivity contribution in [2.45, 2.75) is 80.2 Å². The summed E-state index contributed by atoms with van der Waals surface area (Å²) in [6, 6.07) is 9.81. The van der Waals surface area contributed by atoms with E-state index >= 15 is 0 Å². The first-order valence-electron chi connectivity index (χ1n) is 16.3. The third-order valence-electron chi connectivity index (χ3n) is 8.37. The van der Waals surface area contributed by atoms with E-state index in [2.05, 4.69) is 31.2 Å². The van der Waals surface area contributed by atoms with E-state index in [0.717, 1.165) is 27.6 Å². The van der Waals surface area contributed by atoms with Crippen LogP contribution in [0.2, 0.25) is 10.0 Å². The maximum absolute atomic E-state index is 14.0. The number of hydrogen-bond donors (Lipinski definition) is 7. The largest absolute Gasteiger partial charge is 0.370 e. The molecule has 0 bridgehead atoms. The number of benzene rings is 2. The number of unbranched alkanes of at least 4 members (excludes halogenated alkanes) is 1. The fourth-order valence-electron chi connectivity index (χ4n) is 5.83. The van der Waals surface area contributed by atoms with E-state index in [9.17, 15) is 19.2 Å². The van der Waals surface area contributed by atoms with E-state index in [1.165, 1.54) is 11.8 Å². The number of H-pyrrole nitrogens is 1. The van der Waals surface area contributed by atoms with Crippen molar-refractivity contribution in [2.24, 2.45) is 11.5 Å². The SMILES string of the molecule is Cc1cnc2c(c1)CN[C@@H](CC(N)=O)C(=O)N[C@@H](CCCCN)C(=O)N[C@@H](Cc1c[nH]c3ccccc13)C(=O)NCc1cc(Cl)cc(Cl)c1S2. The number of pyridine rings is 1. The first-order chi connectivity index (χ1) is 24.0. The molecule has 2 aromatic carbocycles. The standard InChI is InChI=1S/C35H40Cl2N8O4S/c1-19-10-22-18-41-28(14-30(39)46)34(49)44-27(8-4-5-9-38)33(48)45-29(12-20-16-40-26-7-3-2-6-24(20)26)32(47)42-17-21-11-23(36)13-25(37)31(21)50-35(22)43-15-19/h2-3,6-7,10-11,13,15-16,27-29,40-41H,4-5,8-9,12,14,17-18,38H2,1H3,(H2,39,46)(H,42,47)(H,44,49)(H,45,48)/t27-,28-,29-/m0/s1. The highest BCUT2D eigenvalue weighted by molar-refractivity contribution is 7.99. The Labute approximate surface area is 304 Å². The molecule has 4 amide bonds. The molecule has 1 aliphatic heterocycles. The summed E-state index contributed by atoms with van der Waals surface area (Å²) < 4.78 is 0. The highest BCUT2D eigenvalue weighted by atomic mass is 35.5. The van der Waals surface area contributed by atoms with Gasteiger partial charge in [0.15, 0.2) is 0 Å². The summed E-state index contributed by atoms with van der Waals surface area (Å²) in [4.78, 5) is 62.3. The number of hydrogen-bond acceptors (Lipinski definition) is 8. The van der Waals surface area contributed by atoms with Gasteiger partial charge in [0.25, 0.3) is 0 Å². The second-order valence-corrected chi connectivity index (χ2v) is 14.1. The van der Waals surface area contributed by atoms with E-state index in [1.807, 2.05) is 43.5 Å². The molecule has 3 atom stereocenters. The zero-order chi connectivity index (χ0) is 35.8. The number of primary amides is 1. The molecule has 264 valence electrons. The first-order valence-corrected chi connectivity index (χ1v) is 17.9. The van der Waals surface area contributed by atoms with E-state index < -0.39 is 41.8 Å². The molecule has 0 spiro atoms. The minimum atomic E-state index is -1.06. The summed E-state index contributed by atoms with van der Waals surface area (Å²) in [5.74, 6) is -2.28. The molecular formula is C35H40Cl2N8O4S. The molecule has 1 aliphatic rings. The van der Waals surface area contributed by atoms with Crippen molar-refractivity contribution in [3.8, 4) is 0 Å². The number of amides is 4. The van der Waals surface area contributed by atoms with Gasteiger partial charge in [0.2, 0.25) is 23.6 Å². The van der Waals surface area contributed by atoms with Crippen LogP contribution in [0.25, 0.3) is 10.9 Å². The molecule has 50 heavy (non-hydrogen) atoms. The number of nitrogens with zero attached hydrogens (tertiary/aromatic N) is 1. The van der Waals surface area contributed by atoms with Crippen LogP contribution in [0.5, 0.6) is 0 Å². The summed E-state index contributed by atoms with van der Waals surface area (Å²) in [7, 11) is 0. The minimum absolute atomic E-state index is 0.0541. The summed E-state index contributed by atoms with van der Waals surface area (Å²) >= 11 is 14.5. The zero-order valence-corrected chi connectivity index (χ0v) is 29.8. The molecule has 0 unspecified atom stereocenters. The number of carbonyl (C=O) groups excluding carboxylic acids is 4. The van der Waals surface area contributed by atoms with Crippen LogP contribution in [0.4, 0.5) is 0 Å². The van der Waals surface area contributed by atoms with Gasteiger partial charge in [-0.15, -0.1) is 0 Å². The van der Waals surface area contributed by atoms with Gasteiger partial charge in [-0.2, -0.15) is 0 Å². The second-order valence-electron chi connectivity index (χ2n) is 12.2. The normalized spacial score (nSPS) is 19.1. The van der Waals surface area contributed by atoms with E-state index in [0.29, 0.717) is 44.9 Å². The molecule has 3 heterocycles. The molecule has 0 saturated heterocycles. The van der Waals surface area contributed by atoms with Crippen LogP contribution in [0, 0.1) is 6.92 Å². The average molecular weight is 740 g/mol. The highest BCUT2D eigenvalue weighted by Crippen LogP contribution is 2.39. The highest BCUT2D eigenvalue weighted by Gasteiger charge is 2.31. The molecule has 0 saturated carbocycles. The van der Waals surface area contributed by atoms with E-state index in [4.69, 9.17) is 34.7 Å². The molecular weight excluding hydrogens is 699 g/mol. The van der Waals surface area contributed by atoms with Crippen LogP contribution in [0.15, 0.2) is 64.8 Å². The monoisotopic (exact) mass is 738 g/mol. The van der Waals surface area contributed by atoms with E-state index in [-0.39, 0.29) is 32.4 Å². The van der Waals surface area contributed by atoms with Gasteiger partial charge in [-0.25, -0.2) is 4.98 Å². The van der Waals surface area contributed by atoms with Crippen molar-refractivity contribution < 1.29 is 19.2 Å². The molecule has 9 N–H and O–H groups in total. The zero-order valence-electron chi connectivity index (χ0n) is 27.5. The predicted molar refractivity (Wildman–Crippen MR) is 195 cm³/mol. The molecule has 2 aromatic heterocycles. The number of rotatable bonds is 8. The number of nitrogens with one attached hydrogen (secondary N) is 5. The second kappa shape index (κ2) is 17.2. The first kappa shape index (κ1) is 37.1. The van der Waals surface area contributed by atoms with Crippen molar-refractivity contribution in [3.63, 3.8) is 0 Å². The molecule has 15 heteroatoms. The number of carbonyl (C=O) groups is 4. The van der Waals surface area contributed by atoms with Gasteiger partial charge in [0.05, 0.1) is 17.5 Å². The van der Waals surface area contributed by atoms with Crippen molar-refractivity contribution in [1.29, 1.82) is 0 Å². The van der Waals surface area contributed by atoms with Crippen molar-refractivity contribution in [2.75, 3.05) is 6.54 Å². The molecule has 0 fully saturated rings. The summed E-state index contributed by atoms with van der Waals surface area (Å²) in [6.45, 7) is 2.50. The number of aromatic nitrogens is 2. The third-order valence-corrected chi connectivity index (χ3v) is 10.2. The maximum Gasteiger partial charge on any atom is 0.243 e. The molecule has 4 aromatic rings. The van der Waals surface area contributed by atoms with Gasteiger partial charge in [0.1, 0.15) is 17.1 Å². The maximum atomic E-state index is 14.0. The van der Waals surface area contributed by atoms with Gasteiger partial charge >= 0.3 is 0 Å². The van der Waals surface area contributed by atoms with Gasteiger partial charge in [-0.3, -0.25) is 19.2 Å². The van der Waals surface area contributed by atoms with Gasteiger partial charge in [0, 0.05) is 52.7 Å². The van der Waals surface area contributed by atoms with Crippen LogP contribution < -0.4 is 32.7 Å². The van der Waals surface area contributed by atoms with Crippen LogP contribution in [-0.2, 0) is 38.7 Å². The lowest BCUT2D eigenvalue weighted by atomic mass is 10.0. The lowest BCUT2D eigenvalue weighted by Gasteiger charge is -2.25. The quantitative estimate of drug-likeness (QED) is 0.133. The van der Waals surface area contributed by atoms with Gasteiger partial charge in [-0.05, 0) is 73.2 Å². The number of nitrogens with two attached hydrogens (primary N) is 2. The molecule has 0 aliphatic carbocycles. The lowest BCUT2D eigenvalue weighted by molar-refractivity contribution is -0.133. The number of halogens is 2. The fourth-order valence-corrected chi connectivity index (χ4v) is 7.46. The minimum Gasteiger partial charge on any atom is -0.370 e. The summed E-state index contributed by atoms with van der Waals surface area (Å²) in [5.41, 5.74) is 15.3. The fraction of sp³-hybridized carbons (Fsp3) is 0.343. The average Bonchev–Trinajstić information content (AvgIpc) is 3.48. The Morgan fingerprint density at radius 2 is 1.72 bits per heavy atom. The Morgan fingerprint density at radius 3 is 2.50 bits per heavy atom. The van der Waals surface area contributed by atoms with Crippen LogP contribution in [-0.4, -0.2) is 58.3 Å². The van der Waals surface area contributed by atoms with Gasteiger partial charge < -0.3 is 37.7 Å². The summed E-state index contributed by atoms with van der Waals surface area (Å²) in [5, 5.41) is 14.1. The Bertz CT molecular complexity index is 1890. The van der Waals surface area contributed by atoms with Crippen LogP contribution in [0.1, 0.15) is 47.9 Å². The molecule has 0 radical (unpaired) electrons. The summed E-state index contributed by atoms with van der Waals surface area (Å²) in [6.07, 6.45) is 4.78. The molecule has 5 rings (SSSR count). The van der Waals surface area contributed by atoms with Gasteiger partial charge in [-0.1, -0.05) is 59.2 Å². The number of aryl methyl sites for hydroxylation is 1.